The Morgan fingerprint density at radius 2 is 2.00 bits per heavy atom. The van der Waals surface area contributed by atoms with Crippen LogP contribution in [0.3, 0.4) is 0 Å². The summed E-state index contributed by atoms with van der Waals surface area (Å²) in [5.74, 6) is 0.937. The number of halogens is 1. The quantitative estimate of drug-likeness (QED) is 0.738. The zero-order valence-corrected chi connectivity index (χ0v) is 12.9. The fourth-order valence-corrected chi connectivity index (χ4v) is 3.13. The van der Waals surface area contributed by atoms with Crippen molar-refractivity contribution in [3.05, 3.63) is 81.7 Å². The summed E-state index contributed by atoms with van der Waals surface area (Å²) in [6.45, 7) is 1.93. The molecule has 3 nitrogen and oxygen atoms in total. The molecule has 0 saturated carbocycles. The van der Waals surface area contributed by atoms with E-state index >= 15 is 0 Å². The van der Waals surface area contributed by atoms with Crippen molar-refractivity contribution in [2.45, 2.75) is 18.4 Å². The second-order valence-electron chi connectivity index (χ2n) is 5.10. The first-order chi connectivity index (χ1) is 10.6. The van der Waals surface area contributed by atoms with E-state index in [9.17, 15) is 9.18 Å². The third-order valence-corrected chi connectivity index (χ3v) is 4.34. The molecular formula is C17H15FN2OS. The molecule has 112 valence electrons. The van der Waals surface area contributed by atoms with E-state index in [0.29, 0.717) is 22.7 Å². The van der Waals surface area contributed by atoms with E-state index in [1.807, 2.05) is 25.1 Å². The van der Waals surface area contributed by atoms with Crippen LogP contribution in [0, 0.1) is 12.7 Å². The summed E-state index contributed by atoms with van der Waals surface area (Å²) in [6.07, 6.45) is 1.78. The Balaban J connectivity index is 1.76. The molecule has 3 rings (SSSR count). The molecule has 0 atom stereocenters. The Labute approximate surface area is 131 Å². The monoisotopic (exact) mass is 314 g/mol. The molecule has 1 aromatic carbocycles. The normalized spacial score (nSPS) is 11.0. The maximum atomic E-state index is 13.5. The average Bonchev–Trinajstić information content (AvgIpc) is 2.50. The summed E-state index contributed by atoms with van der Waals surface area (Å²) < 4.78 is 15.1. The predicted molar refractivity (Wildman–Crippen MR) is 87.6 cm³/mol. The van der Waals surface area contributed by atoms with Crippen LogP contribution in [0.25, 0.3) is 5.65 Å². The van der Waals surface area contributed by atoms with Gasteiger partial charge >= 0.3 is 0 Å². The predicted octanol–water partition coefficient (Wildman–Crippen LogP) is 3.58. The highest BCUT2D eigenvalue weighted by Gasteiger charge is 2.05. The van der Waals surface area contributed by atoms with Crippen LogP contribution < -0.4 is 5.56 Å². The average molecular weight is 314 g/mol. The van der Waals surface area contributed by atoms with Gasteiger partial charge in [-0.2, -0.15) is 11.8 Å². The van der Waals surface area contributed by atoms with E-state index in [2.05, 4.69) is 4.98 Å². The number of pyridine rings is 1. The molecule has 0 amide bonds. The SMILES string of the molecule is Cc1ccc2nc(CSCc3ccccc3F)cc(=O)n2c1. The van der Waals surface area contributed by atoms with E-state index in [-0.39, 0.29) is 11.4 Å². The Kier molecular flexibility index (Phi) is 4.24. The van der Waals surface area contributed by atoms with Crippen molar-refractivity contribution in [3.8, 4) is 0 Å². The number of rotatable bonds is 4. The zero-order valence-electron chi connectivity index (χ0n) is 12.1. The highest BCUT2D eigenvalue weighted by Crippen LogP contribution is 2.18. The van der Waals surface area contributed by atoms with Crippen molar-refractivity contribution in [1.82, 2.24) is 9.38 Å². The molecular weight excluding hydrogens is 299 g/mol. The van der Waals surface area contributed by atoms with Gasteiger partial charge in [-0.25, -0.2) is 9.37 Å². The van der Waals surface area contributed by atoms with Gasteiger partial charge in [-0.15, -0.1) is 0 Å². The van der Waals surface area contributed by atoms with Crippen LogP contribution in [0.2, 0.25) is 0 Å². The summed E-state index contributed by atoms with van der Waals surface area (Å²) >= 11 is 1.54. The zero-order chi connectivity index (χ0) is 15.5. The first-order valence-electron chi connectivity index (χ1n) is 6.93. The maximum Gasteiger partial charge on any atom is 0.258 e. The summed E-state index contributed by atoms with van der Waals surface area (Å²) in [4.78, 5) is 16.6. The molecule has 2 aromatic heterocycles. The lowest BCUT2D eigenvalue weighted by Crippen LogP contribution is -2.15. The molecule has 0 aliphatic carbocycles. The van der Waals surface area contributed by atoms with Crippen molar-refractivity contribution < 1.29 is 4.39 Å². The summed E-state index contributed by atoms with van der Waals surface area (Å²) in [5, 5.41) is 0. The number of aromatic nitrogens is 2. The van der Waals surface area contributed by atoms with Gasteiger partial charge in [0, 0.05) is 23.8 Å². The van der Waals surface area contributed by atoms with Gasteiger partial charge in [0.1, 0.15) is 11.5 Å². The minimum atomic E-state index is -0.197. The smallest absolute Gasteiger partial charge is 0.258 e. The first-order valence-corrected chi connectivity index (χ1v) is 8.09. The third kappa shape index (κ3) is 3.20. The van der Waals surface area contributed by atoms with E-state index in [1.165, 1.54) is 6.07 Å². The van der Waals surface area contributed by atoms with Gasteiger partial charge in [0.15, 0.2) is 0 Å². The van der Waals surface area contributed by atoms with E-state index in [0.717, 1.165) is 11.3 Å². The highest BCUT2D eigenvalue weighted by molar-refractivity contribution is 7.97. The lowest BCUT2D eigenvalue weighted by Gasteiger charge is -2.06. The third-order valence-electron chi connectivity index (χ3n) is 3.33. The van der Waals surface area contributed by atoms with Gasteiger partial charge in [-0.1, -0.05) is 24.3 Å². The number of fused-ring (bicyclic) bond motifs is 1. The molecule has 0 aliphatic rings. The lowest BCUT2D eigenvalue weighted by molar-refractivity contribution is 0.617. The molecule has 22 heavy (non-hydrogen) atoms. The Hall–Kier alpha value is -2.14. The topological polar surface area (TPSA) is 34.4 Å². The number of thioether (sulfide) groups is 1. The summed E-state index contributed by atoms with van der Waals surface area (Å²) in [7, 11) is 0. The number of aryl methyl sites for hydroxylation is 1. The van der Waals surface area contributed by atoms with Crippen molar-refractivity contribution >= 4 is 17.4 Å². The molecule has 2 heterocycles. The minimum Gasteiger partial charge on any atom is -0.269 e. The molecule has 0 saturated heterocycles. The van der Waals surface area contributed by atoms with Crippen LogP contribution in [0.4, 0.5) is 4.39 Å². The molecule has 0 N–H and O–H groups in total. The van der Waals surface area contributed by atoms with Crippen molar-refractivity contribution in [2.24, 2.45) is 0 Å². The van der Waals surface area contributed by atoms with Crippen LogP contribution >= 0.6 is 11.8 Å². The van der Waals surface area contributed by atoms with Crippen LogP contribution in [0.5, 0.6) is 0 Å². The van der Waals surface area contributed by atoms with Crippen LogP contribution in [-0.4, -0.2) is 9.38 Å². The van der Waals surface area contributed by atoms with Gasteiger partial charge in [-0.3, -0.25) is 9.20 Å². The summed E-state index contributed by atoms with van der Waals surface area (Å²) in [6, 6.07) is 12.0. The number of nitrogens with zero attached hydrogens (tertiary/aromatic N) is 2. The van der Waals surface area contributed by atoms with E-state index in [1.54, 1.807) is 40.6 Å². The van der Waals surface area contributed by atoms with Gasteiger partial charge < -0.3 is 0 Å². The molecule has 5 heteroatoms. The van der Waals surface area contributed by atoms with E-state index in [4.69, 9.17) is 0 Å². The van der Waals surface area contributed by atoms with Gasteiger partial charge in [0.25, 0.3) is 5.56 Å². The largest absolute Gasteiger partial charge is 0.269 e. The fourth-order valence-electron chi connectivity index (χ4n) is 2.21. The van der Waals surface area contributed by atoms with Crippen LogP contribution in [0.15, 0.2) is 53.5 Å². The maximum absolute atomic E-state index is 13.5. The number of hydrogen-bond acceptors (Lipinski definition) is 3. The minimum absolute atomic E-state index is 0.0878. The molecule has 0 radical (unpaired) electrons. The number of benzene rings is 1. The standard InChI is InChI=1S/C17H15FN2OS/c1-12-6-7-16-19-14(8-17(21)20(16)9-12)11-22-10-13-4-2-3-5-15(13)18/h2-9H,10-11H2,1H3. The molecule has 3 aromatic rings. The Morgan fingerprint density at radius 3 is 2.82 bits per heavy atom. The van der Waals surface area contributed by atoms with E-state index < -0.39 is 0 Å². The first kappa shape index (κ1) is 14.8. The second-order valence-corrected chi connectivity index (χ2v) is 6.09. The lowest BCUT2D eigenvalue weighted by atomic mass is 10.2. The van der Waals surface area contributed by atoms with Crippen molar-refractivity contribution in [1.29, 1.82) is 0 Å². The fraction of sp³-hybridized carbons (Fsp3) is 0.176. The second kappa shape index (κ2) is 6.32. The Bertz CT molecular complexity index is 876. The summed E-state index contributed by atoms with van der Waals surface area (Å²) in [5.41, 5.74) is 2.95. The van der Waals surface area contributed by atoms with Crippen LogP contribution in [0.1, 0.15) is 16.8 Å². The molecule has 0 fully saturated rings. The van der Waals surface area contributed by atoms with Gasteiger partial charge in [-0.05, 0) is 30.2 Å². The molecule has 0 aliphatic heterocycles. The van der Waals surface area contributed by atoms with Crippen molar-refractivity contribution in [2.75, 3.05) is 0 Å². The molecule has 0 spiro atoms. The molecule has 0 unspecified atom stereocenters. The molecule has 0 bridgehead atoms. The van der Waals surface area contributed by atoms with Gasteiger partial charge in [0.05, 0.1) is 5.69 Å². The highest BCUT2D eigenvalue weighted by atomic mass is 32.2. The van der Waals surface area contributed by atoms with Crippen molar-refractivity contribution in [3.63, 3.8) is 0 Å². The van der Waals surface area contributed by atoms with Crippen LogP contribution in [-0.2, 0) is 11.5 Å². The number of hydrogen-bond donors (Lipinski definition) is 0. The Morgan fingerprint density at radius 1 is 1.18 bits per heavy atom. The van der Waals surface area contributed by atoms with Gasteiger partial charge in [0.2, 0.25) is 0 Å².